The van der Waals surface area contributed by atoms with E-state index in [1.54, 1.807) is 0 Å². The lowest BCUT2D eigenvalue weighted by molar-refractivity contribution is 0.239. The zero-order valence-corrected chi connectivity index (χ0v) is 14.5. The van der Waals surface area contributed by atoms with Crippen LogP contribution >= 0.6 is 15.9 Å². The van der Waals surface area contributed by atoms with Crippen LogP contribution in [0.3, 0.4) is 0 Å². The van der Waals surface area contributed by atoms with Gasteiger partial charge in [0, 0.05) is 22.5 Å². The Labute approximate surface area is 136 Å². The molecule has 1 saturated carbocycles. The molecule has 1 aromatic carbocycles. The molecule has 21 heavy (non-hydrogen) atoms. The zero-order chi connectivity index (χ0) is 14.7. The molecular formula is C18H26BrNO. The van der Waals surface area contributed by atoms with Crippen LogP contribution in [0, 0.1) is 11.8 Å². The number of hydrogen-bond donors (Lipinski definition) is 1. The standard InChI is InChI=1S/C18H26BrNO/c1-13-3-2-4-14(11-13)7-9-20-17-8-10-21-18-6-5-15(19)12-16(17)18/h5-6,12-14,17,20H,2-4,7-11H2,1H3. The number of fused-ring (bicyclic) bond motifs is 1. The van der Waals surface area contributed by atoms with E-state index in [2.05, 4.69) is 46.4 Å². The van der Waals surface area contributed by atoms with Crippen molar-refractivity contribution in [2.75, 3.05) is 13.2 Å². The van der Waals surface area contributed by atoms with Gasteiger partial charge in [0.05, 0.1) is 6.61 Å². The molecule has 1 N–H and O–H groups in total. The molecule has 3 rings (SSSR count). The first-order chi connectivity index (χ1) is 10.2. The van der Waals surface area contributed by atoms with Gasteiger partial charge in [-0.2, -0.15) is 0 Å². The van der Waals surface area contributed by atoms with Gasteiger partial charge in [-0.1, -0.05) is 42.1 Å². The maximum atomic E-state index is 5.76. The highest BCUT2D eigenvalue weighted by molar-refractivity contribution is 9.10. The third kappa shape index (κ3) is 4.01. The van der Waals surface area contributed by atoms with E-state index in [-0.39, 0.29) is 0 Å². The quantitative estimate of drug-likeness (QED) is 0.816. The minimum Gasteiger partial charge on any atom is -0.493 e. The highest BCUT2D eigenvalue weighted by Crippen LogP contribution is 2.35. The smallest absolute Gasteiger partial charge is 0.124 e. The monoisotopic (exact) mass is 351 g/mol. The molecule has 3 unspecified atom stereocenters. The van der Waals surface area contributed by atoms with Gasteiger partial charge < -0.3 is 10.1 Å². The fraction of sp³-hybridized carbons (Fsp3) is 0.667. The molecular weight excluding hydrogens is 326 g/mol. The predicted molar refractivity (Wildman–Crippen MR) is 90.7 cm³/mol. The maximum Gasteiger partial charge on any atom is 0.124 e. The first-order valence-electron chi connectivity index (χ1n) is 8.38. The van der Waals surface area contributed by atoms with Gasteiger partial charge in [-0.15, -0.1) is 0 Å². The van der Waals surface area contributed by atoms with E-state index < -0.39 is 0 Å². The predicted octanol–water partition coefficient (Wildman–Crippen LogP) is 5.08. The molecule has 1 heterocycles. The summed E-state index contributed by atoms with van der Waals surface area (Å²) in [6, 6.07) is 6.79. The van der Waals surface area contributed by atoms with Crippen LogP contribution < -0.4 is 10.1 Å². The van der Waals surface area contributed by atoms with Crippen molar-refractivity contribution in [3.63, 3.8) is 0 Å². The van der Waals surface area contributed by atoms with Crippen LogP contribution in [0.4, 0.5) is 0 Å². The Morgan fingerprint density at radius 1 is 1.29 bits per heavy atom. The van der Waals surface area contributed by atoms with Crippen molar-refractivity contribution in [1.29, 1.82) is 0 Å². The summed E-state index contributed by atoms with van der Waals surface area (Å²) in [5.41, 5.74) is 1.31. The van der Waals surface area contributed by atoms with Gasteiger partial charge in [-0.3, -0.25) is 0 Å². The van der Waals surface area contributed by atoms with Crippen molar-refractivity contribution >= 4 is 15.9 Å². The van der Waals surface area contributed by atoms with Crippen molar-refractivity contribution < 1.29 is 4.74 Å². The van der Waals surface area contributed by atoms with Crippen LogP contribution in [0.1, 0.15) is 57.1 Å². The molecule has 116 valence electrons. The van der Waals surface area contributed by atoms with Gasteiger partial charge in [0.15, 0.2) is 0 Å². The maximum absolute atomic E-state index is 5.76. The third-order valence-corrected chi connectivity index (χ3v) is 5.49. The topological polar surface area (TPSA) is 21.3 Å². The summed E-state index contributed by atoms with van der Waals surface area (Å²) in [6.45, 7) is 4.37. The summed E-state index contributed by atoms with van der Waals surface area (Å²) in [6.07, 6.45) is 8.12. The molecule has 0 spiro atoms. The summed E-state index contributed by atoms with van der Waals surface area (Å²) >= 11 is 3.57. The van der Waals surface area contributed by atoms with E-state index in [1.165, 1.54) is 37.7 Å². The van der Waals surface area contributed by atoms with Crippen LogP contribution in [0.25, 0.3) is 0 Å². The van der Waals surface area contributed by atoms with Gasteiger partial charge in [-0.25, -0.2) is 0 Å². The Hall–Kier alpha value is -0.540. The van der Waals surface area contributed by atoms with Crippen molar-refractivity contribution in [2.45, 2.75) is 51.5 Å². The van der Waals surface area contributed by atoms with Crippen molar-refractivity contribution in [1.82, 2.24) is 5.32 Å². The first-order valence-corrected chi connectivity index (χ1v) is 9.17. The highest BCUT2D eigenvalue weighted by Gasteiger charge is 2.22. The highest BCUT2D eigenvalue weighted by atomic mass is 79.9. The molecule has 3 atom stereocenters. The molecule has 0 aromatic heterocycles. The molecule has 1 aliphatic heterocycles. The van der Waals surface area contributed by atoms with Gasteiger partial charge in [-0.05, 0) is 49.4 Å². The van der Waals surface area contributed by atoms with Gasteiger partial charge in [0.25, 0.3) is 0 Å². The summed E-state index contributed by atoms with van der Waals surface area (Å²) in [4.78, 5) is 0. The van der Waals surface area contributed by atoms with E-state index in [0.29, 0.717) is 6.04 Å². The molecule has 2 aliphatic rings. The number of rotatable bonds is 4. The van der Waals surface area contributed by atoms with Gasteiger partial charge in [0.1, 0.15) is 5.75 Å². The lowest BCUT2D eigenvalue weighted by Gasteiger charge is -2.29. The average molecular weight is 352 g/mol. The van der Waals surface area contributed by atoms with Crippen LogP contribution in [-0.2, 0) is 0 Å². The normalized spacial score (nSPS) is 28.8. The SMILES string of the molecule is CC1CCCC(CCNC2CCOc3ccc(Br)cc32)C1. The number of nitrogens with one attached hydrogen (secondary N) is 1. The second-order valence-corrected chi connectivity index (χ2v) is 7.67. The number of ether oxygens (including phenoxy) is 1. The van der Waals surface area contributed by atoms with E-state index in [0.717, 1.165) is 41.6 Å². The molecule has 0 bridgehead atoms. The first kappa shape index (κ1) is 15.4. The average Bonchev–Trinajstić information content (AvgIpc) is 2.48. The van der Waals surface area contributed by atoms with E-state index in [1.807, 2.05) is 0 Å². The fourth-order valence-electron chi connectivity index (χ4n) is 3.86. The molecule has 0 saturated heterocycles. The Morgan fingerprint density at radius 3 is 3.05 bits per heavy atom. The molecule has 1 aliphatic carbocycles. The molecule has 0 amide bonds. The summed E-state index contributed by atoms with van der Waals surface area (Å²) in [7, 11) is 0. The van der Waals surface area contributed by atoms with Crippen LogP contribution in [0.15, 0.2) is 22.7 Å². The Morgan fingerprint density at radius 2 is 2.19 bits per heavy atom. The number of hydrogen-bond acceptors (Lipinski definition) is 2. The molecule has 1 fully saturated rings. The van der Waals surface area contributed by atoms with Crippen LogP contribution in [0.2, 0.25) is 0 Å². The van der Waals surface area contributed by atoms with E-state index in [9.17, 15) is 0 Å². The molecule has 1 aromatic rings. The fourth-order valence-corrected chi connectivity index (χ4v) is 4.24. The van der Waals surface area contributed by atoms with Crippen molar-refractivity contribution in [3.8, 4) is 5.75 Å². The van der Waals surface area contributed by atoms with Crippen LogP contribution in [0.5, 0.6) is 5.75 Å². The minimum absolute atomic E-state index is 0.451. The second kappa shape index (κ2) is 7.15. The van der Waals surface area contributed by atoms with Crippen LogP contribution in [-0.4, -0.2) is 13.2 Å². The minimum atomic E-state index is 0.451. The lowest BCUT2D eigenvalue weighted by Crippen LogP contribution is -2.29. The number of halogens is 1. The molecule has 3 heteroatoms. The van der Waals surface area contributed by atoms with E-state index in [4.69, 9.17) is 4.74 Å². The summed E-state index contributed by atoms with van der Waals surface area (Å²) in [5.74, 6) is 2.92. The van der Waals surface area contributed by atoms with Crippen molar-refractivity contribution in [3.05, 3.63) is 28.2 Å². The largest absolute Gasteiger partial charge is 0.493 e. The zero-order valence-electron chi connectivity index (χ0n) is 12.9. The molecule has 0 radical (unpaired) electrons. The number of benzene rings is 1. The lowest BCUT2D eigenvalue weighted by atomic mass is 9.81. The second-order valence-electron chi connectivity index (χ2n) is 6.75. The summed E-state index contributed by atoms with van der Waals surface area (Å²) < 4.78 is 6.90. The summed E-state index contributed by atoms with van der Waals surface area (Å²) in [5, 5.41) is 3.77. The third-order valence-electron chi connectivity index (χ3n) is 5.00. The Kier molecular flexibility index (Phi) is 5.23. The molecule has 2 nitrogen and oxygen atoms in total. The van der Waals surface area contributed by atoms with E-state index >= 15 is 0 Å². The Bertz CT molecular complexity index is 476. The van der Waals surface area contributed by atoms with Crippen molar-refractivity contribution in [2.24, 2.45) is 11.8 Å². The van der Waals surface area contributed by atoms with Gasteiger partial charge in [0.2, 0.25) is 0 Å². The van der Waals surface area contributed by atoms with Gasteiger partial charge >= 0.3 is 0 Å². The Balaban J connectivity index is 1.53.